The van der Waals surface area contributed by atoms with Crippen molar-refractivity contribution < 1.29 is 31.8 Å². The molecule has 18 heavy (non-hydrogen) atoms. The molecule has 0 fully saturated rings. The minimum absolute atomic E-state index is 0. The molecule has 0 aliphatic heterocycles. The van der Waals surface area contributed by atoms with Crippen LogP contribution in [-0.4, -0.2) is 32.1 Å². The fourth-order valence-electron chi connectivity index (χ4n) is 0.571. The van der Waals surface area contributed by atoms with Crippen molar-refractivity contribution in [1.29, 1.82) is 0 Å². The minimum atomic E-state index is -3.67. The molecule has 0 unspecified atom stereocenters. The zero-order valence-electron chi connectivity index (χ0n) is 9.63. The van der Waals surface area contributed by atoms with E-state index in [1.165, 1.54) is 0 Å². The molecule has 109 valence electrons. The molecule has 1 aromatic rings. The van der Waals surface area contributed by atoms with Crippen LogP contribution >= 0.6 is 0 Å². The third-order valence-corrected chi connectivity index (χ3v) is 1.95. The smallest absolute Gasteiger partial charge is 0.264 e. The third-order valence-electron chi connectivity index (χ3n) is 1.03. The first-order valence-corrected chi connectivity index (χ1v) is 5.47. The minimum Gasteiger partial charge on any atom is -0.286 e. The number of hydrogen-bond acceptors (Lipinski definition) is 3. The van der Waals surface area contributed by atoms with Gasteiger partial charge in [0, 0.05) is 20.8 Å². The molecule has 0 atom stereocenters. The molecule has 4 nitrogen and oxygen atoms in total. The Morgan fingerprint density at radius 1 is 1.00 bits per heavy atom. The van der Waals surface area contributed by atoms with Gasteiger partial charge in [-0.3, -0.25) is 28.4 Å². The van der Waals surface area contributed by atoms with Crippen molar-refractivity contribution in [2.45, 2.75) is 13.3 Å². The summed E-state index contributed by atoms with van der Waals surface area (Å²) in [5.74, 6) is -0.132. The first kappa shape index (κ1) is 36.0. The molecule has 0 spiro atoms. The van der Waals surface area contributed by atoms with Crippen LogP contribution < -0.4 is 0 Å². The van der Waals surface area contributed by atoms with E-state index in [-0.39, 0.29) is 33.0 Å². The summed E-state index contributed by atoms with van der Waals surface area (Å²) in [5, 5.41) is 0. The number of rotatable bonds is 2. The Balaban J connectivity index is -0.0000000314. The van der Waals surface area contributed by atoms with E-state index in [9.17, 15) is 8.42 Å². The van der Waals surface area contributed by atoms with Crippen molar-refractivity contribution in [2.75, 3.05) is 5.75 Å². The summed E-state index contributed by atoms with van der Waals surface area (Å²) in [5.41, 5.74) is 0. The van der Waals surface area contributed by atoms with E-state index in [2.05, 4.69) is 4.98 Å². The van der Waals surface area contributed by atoms with Gasteiger partial charge >= 0.3 is 0 Å². The number of hydrogen-bond donors (Lipinski definition) is 1. The first-order valence-electron chi connectivity index (χ1n) is 3.86. The molecule has 1 rings (SSSR count). The average molecular weight is 294 g/mol. The average Bonchev–Trinajstić information content (AvgIpc) is 2.06. The molecular formula is C8H17BF4NO3S. The zero-order chi connectivity index (χ0) is 10.2. The summed E-state index contributed by atoms with van der Waals surface area (Å²) in [7, 11) is -3.67. The van der Waals surface area contributed by atoms with Crippen LogP contribution in [0.25, 0.3) is 0 Å². The molecule has 0 saturated heterocycles. The van der Waals surface area contributed by atoms with Gasteiger partial charge in [0.15, 0.2) is 0 Å². The standard InChI is InChI=1S/C5H5N.C3H8O3S.B.4FH/c1-2-4-6-5-3-1;1-2-3-7(4,5)6;;;;;/h1-5H;2-3H2,1H3,(H,4,5,6);;4*1H. The number of aromatic nitrogens is 1. The fourth-order valence-corrected chi connectivity index (χ4v) is 1.09. The van der Waals surface area contributed by atoms with E-state index in [0.717, 1.165) is 0 Å². The molecule has 1 N–H and O–H groups in total. The van der Waals surface area contributed by atoms with E-state index >= 15 is 0 Å². The highest BCUT2D eigenvalue weighted by Crippen LogP contribution is 1.83. The number of nitrogens with zero attached hydrogens (tertiary/aromatic N) is 1. The van der Waals surface area contributed by atoms with Crippen LogP contribution in [-0.2, 0) is 10.1 Å². The van der Waals surface area contributed by atoms with Gasteiger partial charge in [-0.05, 0) is 18.6 Å². The van der Waals surface area contributed by atoms with Crippen molar-refractivity contribution in [3.63, 3.8) is 0 Å². The Morgan fingerprint density at radius 2 is 1.39 bits per heavy atom. The van der Waals surface area contributed by atoms with Crippen LogP contribution in [0.5, 0.6) is 0 Å². The van der Waals surface area contributed by atoms with Gasteiger partial charge < -0.3 is 0 Å². The van der Waals surface area contributed by atoms with Crippen LogP contribution in [0.4, 0.5) is 18.8 Å². The van der Waals surface area contributed by atoms with Crippen LogP contribution in [0.1, 0.15) is 13.3 Å². The largest absolute Gasteiger partial charge is 0.286 e. The monoisotopic (exact) mass is 294 g/mol. The molecule has 0 aliphatic rings. The van der Waals surface area contributed by atoms with E-state index in [1.807, 2.05) is 18.2 Å². The SMILES string of the molecule is CCCS(=O)(=O)O.F.F.F.F.[B].c1ccncc1. The Morgan fingerprint density at radius 3 is 1.44 bits per heavy atom. The van der Waals surface area contributed by atoms with Gasteiger partial charge in [0.25, 0.3) is 10.1 Å². The number of pyridine rings is 1. The van der Waals surface area contributed by atoms with Gasteiger partial charge in [-0.1, -0.05) is 13.0 Å². The lowest BCUT2D eigenvalue weighted by atomic mass is 10.5. The van der Waals surface area contributed by atoms with Crippen LogP contribution in [0, 0.1) is 0 Å². The Kier molecular flexibility index (Phi) is 42.3. The molecule has 10 heteroatoms. The maximum absolute atomic E-state index is 9.79. The topological polar surface area (TPSA) is 67.3 Å². The summed E-state index contributed by atoms with van der Waals surface area (Å²) in [6.07, 6.45) is 3.97. The van der Waals surface area contributed by atoms with Gasteiger partial charge in [-0.25, -0.2) is 0 Å². The lowest BCUT2D eigenvalue weighted by molar-refractivity contribution is 0.482. The normalized spacial score (nSPS) is 7.22. The predicted octanol–water partition coefficient (Wildman–Crippen LogP) is 1.59. The highest BCUT2D eigenvalue weighted by molar-refractivity contribution is 7.85. The molecule has 0 amide bonds. The molecule has 0 aromatic carbocycles. The van der Waals surface area contributed by atoms with E-state index in [0.29, 0.717) is 6.42 Å². The fraction of sp³-hybridized carbons (Fsp3) is 0.375. The highest BCUT2D eigenvalue weighted by atomic mass is 32.2. The molecule has 0 aliphatic carbocycles. The van der Waals surface area contributed by atoms with Crippen molar-refractivity contribution in [2.24, 2.45) is 0 Å². The summed E-state index contributed by atoms with van der Waals surface area (Å²) >= 11 is 0. The van der Waals surface area contributed by atoms with Crippen molar-refractivity contribution >= 4 is 18.5 Å². The maximum atomic E-state index is 9.79. The van der Waals surface area contributed by atoms with Gasteiger partial charge in [0.1, 0.15) is 0 Å². The summed E-state index contributed by atoms with van der Waals surface area (Å²) in [4.78, 5) is 3.78. The quantitative estimate of drug-likeness (QED) is 0.511. The van der Waals surface area contributed by atoms with Crippen LogP contribution in [0.2, 0.25) is 0 Å². The first-order chi connectivity index (χ1) is 6.06. The zero-order valence-corrected chi connectivity index (χ0v) is 10.4. The highest BCUT2D eigenvalue weighted by Gasteiger charge is 1.98. The Bertz CT molecular complexity index is 289. The predicted molar refractivity (Wildman–Crippen MR) is 66.7 cm³/mol. The molecule has 3 radical (unpaired) electrons. The number of halogens is 4. The van der Waals surface area contributed by atoms with Gasteiger partial charge in [-0.2, -0.15) is 8.42 Å². The van der Waals surface area contributed by atoms with Crippen molar-refractivity contribution in [3.05, 3.63) is 30.6 Å². The second kappa shape index (κ2) is 21.2. The Hall–Kier alpha value is -1.16. The van der Waals surface area contributed by atoms with Crippen LogP contribution in [0.15, 0.2) is 30.6 Å². The molecular weight excluding hydrogens is 277 g/mol. The lowest BCUT2D eigenvalue weighted by Crippen LogP contribution is -2.01. The maximum Gasteiger partial charge on any atom is 0.264 e. The van der Waals surface area contributed by atoms with E-state index < -0.39 is 10.1 Å². The Labute approximate surface area is 106 Å². The van der Waals surface area contributed by atoms with E-state index in [1.54, 1.807) is 19.3 Å². The molecule has 1 aromatic heterocycles. The third kappa shape index (κ3) is 36.4. The van der Waals surface area contributed by atoms with Gasteiger partial charge in [-0.15, -0.1) is 0 Å². The van der Waals surface area contributed by atoms with Crippen molar-refractivity contribution in [1.82, 2.24) is 4.98 Å². The van der Waals surface area contributed by atoms with Crippen molar-refractivity contribution in [3.8, 4) is 0 Å². The summed E-state index contributed by atoms with van der Waals surface area (Å²) in [6.45, 7) is 1.69. The van der Waals surface area contributed by atoms with Crippen LogP contribution in [0.3, 0.4) is 0 Å². The van der Waals surface area contributed by atoms with E-state index in [4.69, 9.17) is 4.55 Å². The molecule has 0 bridgehead atoms. The van der Waals surface area contributed by atoms with Gasteiger partial charge in [0.2, 0.25) is 0 Å². The second-order valence-corrected chi connectivity index (χ2v) is 3.88. The summed E-state index contributed by atoms with van der Waals surface area (Å²) in [6, 6.07) is 5.72. The molecule has 1 heterocycles. The molecule has 0 saturated carbocycles. The second-order valence-electron chi connectivity index (χ2n) is 2.31. The van der Waals surface area contributed by atoms with Gasteiger partial charge in [0.05, 0.1) is 5.75 Å². The lowest BCUT2D eigenvalue weighted by Gasteiger charge is -1.85. The summed E-state index contributed by atoms with van der Waals surface area (Å²) < 4.78 is 27.6.